The largest absolute Gasteiger partial charge is 0.419 e. The zero-order valence-electron chi connectivity index (χ0n) is 15.5. The highest BCUT2D eigenvalue weighted by Gasteiger charge is 2.18. The van der Waals surface area contributed by atoms with Gasteiger partial charge in [-0.1, -0.05) is 39.0 Å². The van der Waals surface area contributed by atoms with Crippen molar-refractivity contribution in [1.82, 2.24) is 19.9 Å². The van der Waals surface area contributed by atoms with Crippen LogP contribution in [0.15, 0.2) is 58.0 Å². The van der Waals surface area contributed by atoms with Crippen molar-refractivity contribution in [2.75, 3.05) is 6.54 Å². The van der Waals surface area contributed by atoms with Crippen molar-refractivity contribution in [3.05, 3.63) is 60.1 Å². The van der Waals surface area contributed by atoms with Crippen molar-refractivity contribution in [1.29, 1.82) is 0 Å². The third-order valence-corrected chi connectivity index (χ3v) is 5.49. The lowest BCUT2D eigenvalue weighted by atomic mass is 9.87. The molecule has 142 valence electrons. The second-order valence-electron chi connectivity index (χ2n) is 7.14. The van der Waals surface area contributed by atoms with Gasteiger partial charge in [-0.05, 0) is 35.2 Å². The summed E-state index contributed by atoms with van der Waals surface area (Å²) in [5, 5.41) is 7.87. The standard InChI is InChI=1S/C19H22N4O3S/c1-19(2,3)14-7-9-15(10-8-14)27(24,25)21-13-11-17-22-23-18(26-17)16-6-4-5-12-20-16/h4-10,12,21H,11,13H2,1-3H3. The van der Waals surface area contributed by atoms with Gasteiger partial charge in [-0.2, -0.15) is 0 Å². The van der Waals surface area contributed by atoms with E-state index in [1.807, 2.05) is 18.2 Å². The molecule has 3 aromatic rings. The zero-order valence-corrected chi connectivity index (χ0v) is 16.3. The molecule has 1 N–H and O–H groups in total. The second-order valence-corrected chi connectivity index (χ2v) is 8.91. The molecular formula is C19H22N4O3S. The van der Waals surface area contributed by atoms with Gasteiger partial charge >= 0.3 is 0 Å². The second kappa shape index (κ2) is 7.58. The maximum Gasteiger partial charge on any atom is 0.266 e. The molecule has 0 aliphatic rings. The predicted molar refractivity (Wildman–Crippen MR) is 102 cm³/mol. The van der Waals surface area contributed by atoms with Gasteiger partial charge in [-0.3, -0.25) is 4.98 Å². The van der Waals surface area contributed by atoms with E-state index < -0.39 is 10.0 Å². The van der Waals surface area contributed by atoms with E-state index in [4.69, 9.17) is 4.42 Å². The van der Waals surface area contributed by atoms with Crippen LogP contribution in [-0.2, 0) is 21.9 Å². The number of aromatic nitrogens is 3. The van der Waals surface area contributed by atoms with Crippen LogP contribution in [0.3, 0.4) is 0 Å². The SMILES string of the molecule is CC(C)(C)c1ccc(S(=O)(=O)NCCc2nnc(-c3ccccn3)o2)cc1. The summed E-state index contributed by atoms with van der Waals surface area (Å²) in [6, 6.07) is 12.3. The number of pyridine rings is 1. The van der Waals surface area contributed by atoms with Gasteiger partial charge in [-0.25, -0.2) is 13.1 Å². The Morgan fingerprint density at radius 2 is 1.78 bits per heavy atom. The highest BCUT2D eigenvalue weighted by molar-refractivity contribution is 7.89. The van der Waals surface area contributed by atoms with Crippen LogP contribution in [-0.4, -0.2) is 30.1 Å². The fourth-order valence-electron chi connectivity index (χ4n) is 2.46. The van der Waals surface area contributed by atoms with E-state index in [2.05, 4.69) is 40.7 Å². The number of sulfonamides is 1. The van der Waals surface area contributed by atoms with Crippen molar-refractivity contribution < 1.29 is 12.8 Å². The van der Waals surface area contributed by atoms with E-state index in [0.29, 0.717) is 23.9 Å². The number of benzene rings is 1. The lowest BCUT2D eigenvalue weighted by Gasteiger charge is -2.19. The summed E-state index contributed by atoms with van der Waals surface area (Å²) in [6.07, 6.45) is 1.93. The molecule has 2 aromatic heterocycles. The average molecular weight is 386 g/mol. The number of rotatable bonds is 6. The maximum absolute atomic E-state index is 12.4. The fraction of sp³-hybridized carbons (Fsp3) is 0.316. The summed E-state index contributed by atoms with van der Waals surface area (Å²) >= 11 is 0. The van der Waals surface area contributed by atoms with E-state index in [0.717, 1.165) is 5.56 Å². The third kappa shape index (κ3) is 4.78. The summed E-state index contributed by atoms with van der Waals surface area (Å²) < 4.78 is 32.9. The Kier molecular flexibility index (Phi) is 5.38. The van der Waals surface area contributed by atoms with Crippen LogP contribution in [0, 0.1) is 0 Å². The molecule has 0 unspecified atom stereocenters. The molecule has 0 atom stereocenters. The van der Waals surface area contributed by atoms with Crippen LogP contribution in [0.5, 0.6) is 0 Å². The van der Waals surface area contributed by atoms with E-state index in [-0.39, 0.29) is 16.9 Å². The number of nitrogens with zero attached hydrogens (tertiary/aromatic N) is 3. The van der Waals surface area contributed by atoms with Crippen LogP contribution in [0.4, 0.5) is 0 Å². The van der Waals surface area contributed by atoms with Crippen LogP contribution in [0.2, 0.25) is 0 Å². The van der Waals surface area contributed by atoms with E-state index in [1.165, 1.54) is 0 Å². The minimum Gasteiger partial charge on any atom is -0.419 e. The third-order valence-electron chi connectivity index (χ3n) is 4.01. The topological polar surface area (TPSA) is 98.0 Å². The summed E-state index contributed by atoms with van der Waals surface area (Å²) in [5.74, 6) is 0.660. The Hall–Kier alpha value is -2.58. The first kappa shape index (κ1) is 19.2. The van der Waals surface area contributed by atoms with E-state index in [9.17, 15) is 8.42 Å². The van der Waals surface area contributed by atoms with Crippen LogP contribution in [0.25, 0.3) is 11.6 Å². The molecule has 0 bridgehead atoms. The molecule has 0 amide bonds. The zero-order chi connectivity index (χ0) is 19.5. The van der Waals surface area contributed by atoms with Gasteiger partial charge in [-0.15, -0.1) is 10.2 Å². The van der Waals surface area contributed by atoms with Crippen molar-refractivity contribution in [2.45, 2.75) is 37.5 Å². The lowest BCUT2D eigenvalue weighted by molar-refractivity contribution is 0.500. The fourth-order valence-corrected chi connectivity index (χ4v) is 3.49. The van der Waals surface area contributed by atoms with Gasteiger partial charge in [0.15, 0.2) is 0 Å². The van der Waals surface area contributed by atoms with E-state index >= 15 is 0 Å². The summed E-state index contributed by atoms with van der Waals surface area (Å²) in [4.78, 5) is 4.37. The molecule has 27 heavy (non-hydrogen) atoms. The molecule has 0 aliphatic carbocycles. The van der Waals surface area contributed by atoms with Crippen molar-refractivity contribution in [2.24, 2.45) is 0 Å². The molecular weight excluding hydrogens is 364 g/mol. The Bertz CT molecular complexity index is 991. The van der Waals surface area contributed by atoms with Gasteiger partial charge < -0.3 is 4.42 Å². The smallest absolute Gasteiger partial charge is 0.266 e. The highest BCUT2D eigenvalue weighted by Crippen LogP contribution is 2.23. The molecule has 0 saturated carbocycles. The summed E-state index contributed by atoms with van der Waals surface area (Å²) in [6.45, 7) is 6.41. The summed E-state index contributed by atoms with van der Waals surface area (Å²) in [5.41, 5.74) is 1.63. The molecule has 3 rings (SSSR count). The monoisotopic (exact) mass is 386 g/mol. The van der Waals surface area contributed by atoms with Gasteiger partial charge in [0.2, 0.25) is 15.9 Å². The van der Waals surface area contributed by atoms with Crippen molar-refractivity contribution in [3.63, 3.8) is 0 Å². The van der Waals surface area contributed by atoms with Crippen molar-refractivity contribution >= 4 is 10.0 Å². The first-order valence-electron chi connectivity index (χ1n) is 8.60. The minimum absolute atomic E-state index is 0.0288. The molecule has 0 aliphatic heterocycles. The molecule has 0 spiro atoms. The first-order chi connectivity index (χ1) is 12.8. The Labute approximate surface area is 158 Å². The number of hydrogen-bond donors (Lipinski definition) is 1. The van der Waals surface area contributed by atoms with Gasteiger partial charge in [0, 0.05) is 19.2 Å². The first-order valence-corrected chi connectivity index (χ1v) is 10.1. The molecule has 0 radical (unpaired) electrons. The van der Waals surface area contributed by atoms with Crippen LogP contribution in [0.1, 0.15) is 32.2 Å². The quantitative estimate of drug-likeness (QED) is 0.699. The molecule has 2 heterocycles. The van der Waals surface area contributed by atoms with Gasteiger partial charge in [0.1, 0.15) is 5.69 Å². The Morgan fingerprint density at radius 3 is 2.41 bits per heavy atom. The average Bonchev–Trinajstić information content (AvgIpc) is 3.11. The predicted octanol–water partition coefficient (Wildman–Crippen LogP) is 2.95. The van der Waals surface area contributed by atoms with E-state index in [1.54, 1.807) is 30.5 Å². The Balaban J connectivity index is 1.60. The maximum atomic E-state index is 12.4. The molecule has 0 fully saturated rings. The number of nitrogens with one attached hydrogen (secondary N) is 1. The van der Waals surface area contributed by atoms with Crippen molar-refractivity contribution in [3.8, 4) is 11.6 Å². The van der Waals surface area contributed by atoms with Gasteiger partial charge in [0.05, 0.1) is 4.90 Å². The van der Waals surface area contributed by atoms with Crippen LogP contribution < -0.4 is 4.72 Å². The number of hydrogen-bond acceptors (Lipinski definition) is 6. The highest BCUT2D eigenvalue weighted by atomic mass is 32.2. The Morgan fingerprint density at radius 1 is 1.04 bits per heavy atom. The lowest BCUT2D eigenvalue weighted by Crippen LogP contribution is -2.26. The minimum atomic E-state index is -3.59. The molecule has 7 nitrogen and oxygen atoms in total. The molecule has 8 heteroatoms. The molecule has 1 aromatic carbocycles. The molecule has 0 saturated heterocycles. The summed E-state index contributed by atoms with van der Waals surface area (Å²) in [7, 11) is -3.59. The normalized spacial score (nSPS) is 12.3. The van der Waals surface area contributed by atoms with Crippen LogP contribution >= 0.6 is 0 Å². The van der Waals surface area contributed by atoms with Gasteiger partial charge in [0.25, 0.3) is 5.89 Å².